The Hall–Kier alpha value is -1.95. The zero-order valence-electron chi connectivity index (χ0n) is 7.95. The van der Waals surface area contributed by atoms with Crippen molar-refractivity contribution < 1.29 is 9.94 Å². The van der Waals surface area contributed by atoms with E-state index in [1.165, 1.54) is 4.85 Å². The zero-order chi connectivity index (χ0) is 10.5. The van der Waals surface area contributed by atoms with Gasteiger partial charge in [0, 0.05) is 5.56 Å². The molecule has 0 atom stereocenters. The van der Waals surface area contributed by atoms with Crippen LogP contribution in [0.25, 0.3) is 11.4 Å². The fraction of sp³-hybridized carbons (Fsp3) is 0.222. The molecular weight excluding hydrogens is 196 g/mol. The Labute approximate surface area is 86.1 Å². The molecule has 1 aromatic carbocycles. The Morgan fingerprint density at radius 3 is 2.80 bits per heavy atom. The molecule has 6 heteroatoms. The van der Waals surface area contributed by atoms with E-state index in [1.807, 2.05) is 30.3 Å². The van der Waals surface area contributed by atoms with Crippen LogP contribution < -0.4 is 4.84 Å². The summed E-state index contributed by atoms with van der Waals surface area (Å²) in [6.45, 7) is 0.0823. The summed E-state index contributed by atoms with van der Waals surface area (Å²) >= 11 is 0. The van der Waals surface area contributed by atoms with Gasteiger partial charge in [0.05, 0.1) is 6.61 Å². The van der Waals surface area contributed by atoms with Crippen LogP contribution in [0.5, 0.6) is 0 Å². The van der Waals surface area contributed by atoms with Gasteiger partial charge in [0.1, 0.15) is 6.61 Å². The molecule has 0 saturated heterocycles. The Bertz CT molecular complexity index is 415. The van der Waals surface area contributed by atoms with Gasteiger partial charge in [-0.05, 0) is 10.4 Å². The molecule has 0 amide bonds. The van der Waals surface area contributed by atoms with Gasteiger partial charge in [-0.25, -0.2) is 0 Å². The summed E-state index contributed by atoms with van der Waals surface area (Å²) in [6, 6.07) is 9.45. The number of hydrogen-bond donors (Lipinski definition) is 1. The van der Waals surface area contributed by atoms with E-state index < -0.39 is 0 Å². The molecule has 6 nitrogen and oxygen atoms in total. The molecule has 0 saturated carbocycles. The van der Waals surface area contributed by atoms with E-state index in [0.717, 1.165) is 5.56 Å². The molecule has 0 unspecified atom stereocenters. The molecule has 1 N–H and O–H groups in total. The van der Waals surface area contributed by atoms with Crippen LogP contribution >= 0.6 is 0 Å². The first kappa shape index (κ1) is 9.60. The molecule has 0 spiro atoms. The quantitative estimate of drug-likeness (QED) is 0.747. The van der Waals surface area contributed by atoms with Gasteiger partial charge in [-0.15, -0.1) is 5.10 Å². The normalized spacial score (nSPS) is 10.2. The zero-order valence-corrected chi connectivity index (χ0v) is 7.95. The smallest absolute Gasteiger partial charge is 0.222 e. The Balaban J connectivity index is 2.25. The Morgan fingerprint density at radius 1 is 1.27 bits per heavy atom. The summed E-state index contributed by atoms with van der Waals surface area (Å²) in [5.41, 5.74) is 0.862. The third-order valence-electron chi connectivity index (χ3n) is 1.78. The van der Waals surface area contributed by atoms with E-state index in [2.05, 4.69) is 15.5 Å². The summed E-state index contributed by atoms with van der Waals surface area (Å²) in [7, 11) is 0. The highest BCUT2D eigenvalue weighted by molar-refractivity contribution is 5.53. The minimum Gasteiger partial charge on any atom is -0.393 e. The number of aliphatic hydroxyl groups excluding tert-OH is 1. The highest BCUT2D eigenvalue weighted by Crippen LogP contribution is 2.13. The van der Waals surface area contributed by atoms with Crippen LogP contribution in [0.4, 0.5) is 0 Å². The maximum Gasteiger partial charge on any atom is 0.222 e. The number of aliphatic hydroxyl groups is 1. The van der Waals surface area contributed by atoms with Gasteiger partial charge in [-0.1, -0.05) is 35.2 Å². The van der Waals surface area contributed by atoms with E-state index in [0.29, 0.717) is 5.82 Å². The average Bonchev–Trinajstić information content (AvgIpc) is 2.75. The van der Waals surface area contributed by atoms with Gasteiger partial charge in [0.2, 0.25) is 5.82 Å². The third kappa shape index (κ3) is 2.10. The summed E-state index contributed by atoms with van der Waals surface area (Å²) in [4.78, 5) is 6.31. The van der Waals surface area contributed by atoms with Crippen molar-refractivity contribution in [1.29, 1.82) is 0 Å². The van der Waals surface area contributed by atoms with Crippen molar-refractivity contribution in [3.63, 3.8) is 0 Å². The third-order valence-corrected chi connectivity index (χ3v) is 1.78. The molecule has 0 bridgehead atoms. The fourth-order valence-electron chi connectivity index (χ4n) is 1.15. The van der Waals surface area contributed by atoms with Crippen LogP contribution in [0.15, 0.2) is 30.3 Å². The van der Waals surface area contributed by atoms with Crippen LogP contribution in [0.3, 0.4) is 0 Å². The van der Waals surface area contributed by atoms with Crippen LogP contribution in [0, 0.1) is 0 Å². The van der Waals surface area contributed by atoms with E-state index in [9.17, 15) is 0 Å². The molecule has 0 aliphatic carbocycles. The molecule has 78 valence electrons. The second-order valence-corrected chi connectivity index (χ2v) is 2.80. The van der Waals surface area contributed by atoms with Crippen molar-refractivity contribution in [3.8, 4) is 11.4 Å². The molecule has 2 aromatic rings. The Morgan fingerprint density at radius 2 is 2.07 bits per heavy atom. The van der Waals surface area contributed by atoms with Crippen molar-refractivity contribution in [2.24, 2.45) is 0 Å². The first-order chi connectivity index (χ1) is 7.42. The van der Waals surface area contributed by atoms with E-state index in [1.54, 1.807) is 0 Å². The standard InChI is InChI=1S/C9H10N4O2/c14-6-7-15-13-9(10-11-12-13)8-4-2-1-3-5-8/h1-5,14H,6-7H2. The fourth-order valence-corrected chi connectivity index (χ4v) is 1.15. The van der Waals surface area contributed by atoms with Crippen molar-refractivity contribution in [2.45, 2.75) is 0 Å². The lowest BCUT2D eigenvalue weighted by Gasteiger charge is -2.04. The van der Waals surface area contributed by atoms with Gasteiger partial charge in [0.15, 0.2) is 0 Å². The lowest BCUT2D eigenvalue weighted by atomic mass is 10.2. The number of nitrogens with zero attached hydrogens (tertiary/aromatic N) is 4. The molecule has 1 aromatic heterocycles. The number of tetrazole rings is 1. The van der Waals surface area contributed by atoms with Crippen molar-refractivity contribution in [3.05, 3.63) is 30.3 Å². The van der Waals surface area contributed by atoms with Crippen molar-refractivity contribution in [2.75, 3.05) is 13.2 Å². The minimum absolute atomic E-state index is 0.0753. The van der Waals surface area contributed by atoms with E-state index in [-0.39, 0.29) is 13.2 Å². The molecule has 0 fully saturated rings. The van der Waals surface area contributed by atoms with Crippen molar-refractivity contribution >= 4 is 0 Å². The minimum atomic E-state index is -0.0753. The van der Waals surface area contributed by atoms with Crippen LogP contribution in [0.2, 0.25) is 0 Å². The number of hydrogen-bond acceptors (Lipinski definition) is 5. The molecule has 0 aliphatic rings. The summed E-state index contributed by atoms with van der Waals surface area (Å²) in [5.74, 6) is 0.518. The topological polar surface area (TPSA) is 73.1 Å². The monoisotopic (exact) mass is 206 g/mol. The molecule has 0 aliphatic heterocycles. The highest BCUT2D eigenvalue weighted by atomic mass is 16.7. The molecular formula is C9H10N4O2. The lowest BCUT2D eigenvalue weighted by Crippen LogP contribution is -2.17. The second-order valence-electron chi connectivity index (χ2n) is 2.80. The van der Waals surface area contributed by atoms with E-state index in [4.69, 9.17) is 9.94 Å². The van der Waals surface area contributed by atoms with Gasteiger partial charge >= 0.3 is 0 Å². The second kappa shape index (κ2) is 4.52. The SMILES string of the molecule is OCCOn1nnnc1-c1ccccc1. The predicted molar refractivity (Wildman–Crippen MR) is 51.8 cm³/mol. The maximum atomic E-state index is 8.62. The average molecular weight is 206 g/mol. The molecule has 0 radical (unpaired) electrons. The van der Waals surface area contributed by atoms with Crippen LogP contribution in [-0.4, -0.2) is 38.7 Å². The lowest BCUT2D eigenvalue weighted by molar-refractivity contribution is 0.0536. The predicted octanol–water partition coefficient (Wildman–Crippen LogP) is -0.239. The molecule has 15 heavy (non-hydrogen) atoms. The summed E-state index contributed by atoms with van der Waals surface area (Å²) in [5, 5.41) is 19.6. The van der Waals surface area contributed by atoms with Crippen LogP contribution in [-0.2, 0) is 0 Å². The number of aromatic nitrogens is 4. The molecule has 1 heterocycles. The van der Waals surface area contributed by atoms with Gasteiger partial charge in [-0.2, -0.15) is 0 Å². The van der Waals surface area contributed by atoms with E-state index >= 15 is 0 Å². The summed E-state index contributed by atoms with van der Waals surface area (Å²) < 4.78 is 0. The highest BCUT2D eigenvalue weighted by Gasteiger charge is 2.08. The first-order valence-electron chi connectivity index (χ1n) is 4.50. The Kier molecular flexibility index (Phi) is 2.89. The number of rotatable bonds is 4. The van der Waals surface area contributed by atoms with Crippen molar-refractivity contribution in [1.82, 2.24) is 20.4 Å². The molecule has 2 rings (SSSR count). The van der Waals surface area contributed by atoms with Crippen LogP contribution in [0.1, 0.15) is 0 Å². The summed E-state index contributed by atoms with van der Waals surface area (Å²) in [6.07, 6.45) is 0. The number of benzene rings is 1. The largest absolute Gasteiger partial charge is 0.393 e. The van der Waals surface area contributed by atoms with Gasteiger partial charge in [0.25, 0.3) is 0 Å². The maximum absolute atomic E-state index is 8.62. The van der Waals surface area contributed by atoms with Gasteiger partial charge in [-0.3, -0.25) is 0 Å². The first-order valence-corrected chi connectivity index (χ1v) is 4.50. The van der Waals surface area contributed by atoms with Gasteiger partial charge < -0.3 is 9.94 Å².